The summed E-state index contributed by atoms with van der Waals surface area (Å²) in [5.41, 5.74) is -0.711. The second-order valence-corrected chi connectivity index (χ2v) is 6.84. The molecule has 3 aliphatic rings. The summed E-state index contributed by atoms with van der Waals surface area (Å²) in [6, 6.07) is 0. The molecule has 23 heavy (non-hydrogen) atoms. The predicted molar refractivity (Wildman–Crippen MR) is 88.6 cm³/mol. The summed E-state index contributed by atoms with van der Waals surface area (Å²) < 4.78 is 12.1. The Hall–Kier alpha value is -1.36. The van der Waals surface area contributed by atoms with E-state index in [1.807, 2.05) is 19.1 Å². The van der Waals surface area contributed by atoms with Crippen LogP contribution in [0.3, 0.4) is 0 Å². The zero-order valence-corrected chi connectivity index (χ0v) is 13.9. The fraction of sp³-hybridized carbons (Fsp3) is 0.579. The maximum atomic E-state index is 10.9. The summed E-state index contributed by atoms with van der Waals surface area (Å²) in [5.74, 6) is 0.653. The molecule has 1 spiro atoms. The van der Waals surface area contributed by atoms with Crippen LogP contribution in [0.4, 0.5) is 0 Å². The van der Waals surface area contributed by atoms with Crippen molar-refractivity contribution in [3.8, 4) is 0 Å². The number of hydrogen-bond donors (Lipinski definition) is 2. The van der Waals surface area contributed by atoms with Gasteiger partial charge in [0.25, 0.3) is 0 Å². The number of allylic oxidation sites excluding steroid dienone is 2. The van der Waals surface area contributed by atoms with Crippen LogP contribution in [0.15, 0.2) is 48.8 Å². The van der Waals surface area contributed by atoms with Gasteiger partial charge in [0, 0.05) is 23.3 Å². The Bertz CT molecular complexity index is 578. The molecule has 2 bridgehead atoms. The van der Waals surface area contributed by atoms with Crippen molar-refractivity contribution in [3.05, 3.63) is 48.8 Å². The topological polar surface area (TPSA) is 58.9 Å². The minimum Gasteiger partial charge on any atom is -0.498 e. The molecule has 0 aromatic carbocycles. The van der Waals surface area contributed by atoms with Crippen LogP contribution in [0.25, 0.3) is 0 Å². The van der Waals surface area contributed by atoms with E-state index in [0.717, 1.165) is 12.0 Å². The van der Waals surface area contributed by atoms with Gasteiger partial charge in [-0.15, -0.1) is 13.2 Å². The molecular formula is C19H26O4. The zero-order chi connectivity index (χ0) is 16.8. The summed E-state index contributed by atoms with van der Waals surface area (Å²) in [6.45, 7) is 9.70. The van der Waals surface area contributed by atoms with Gasteiger partial charge in [0.05, 0.1) is 13.7 Å². The lowest BCUT2D eigenvalue weighted by Gasteiger charge is -2.50. The van der Waals surface area contributed by atoms with Crippen LogP contribution in [0.1, 0.15) is 19.8 Å². The second-order valence-electron chi connectivity index (χ2n) is 6.84. The lowest BCUT2D eigenvalue weighted by Crippen LogP contribution is -2.57. The van der Waals surface area contributed by atoms with E-state index in [1.54, 1.807) is 7.11 Å². The highest BCUT2D eigenvalue weighted by Crippen LogP contribution is 2.61. The molecule has 1 aliphatic carbocycles. The van der Waals surface area contributed by atoms with Crippen molar-refractivity contribution in [1.82, 2.24) is 0 Å². The molecule has 3 rings (SSSR count). The van der Waals surface area contributed by atoms with Gasteiger partial charge in [-0.25, -0.2) is 0 Å². The number of ether oxygens (including phenoxy) is 2. The molecule has 0 unspecified atom stereocenters. The molecule has 6 atom stereocenters. The molecule has 4 nitrogen and oxygen atoms in total. The first-order valence-corrected chi connectivity index (χ1v) is 8.20. The Morgan fingerprint density at radius 2 is 2.26 bits per heavy atom. The first-order valence-electron chi connectivity index (χ1n) is 8.20. The number of hydrogen-bond acceptors (Lipinski definition) is 4. The van der Waals surface area contributed by atoms with Crippen LogP contribution in [0.2, 0.25) is 0 Å². The third kappa shape index (κ3) is 1.95. The summed E-state index contributed by atoms with van der Waals surface area (Å²) in [5, 5.41) is 20.9. The minimum absolute atomic E-state index is 0.00848. The second kappa shape index (κ2) is 5.62. The van der Waals surface area contributed by atoms with Crippen molar-refractivity contribution < 1.29 is 19.7 Å². The highest BCUT2D eigenvalue weighted by atomic mass is 16.6. The number of aliphatic hydroxyl groups is 2. The average molecular weight is 318 g/mol. The summed E-state index contributed by atoms with van der Waals surface area (Å²) in [4.78, 5) is 0. The van der Waals surface area contributed by atoms with E-state index in [-0.39, 0.29) is 24.4 Å². The summed E-state index contributed by atoms with van der Waals surface area (Å²) >= 11 is 0. The molecule has 4 heteroatoms. The fourth-order valence-electron chi connectivity index (χ4n) is 4.68. The minimum atomic E-state index is -1.02. The maximum Gasteiger partial charge on any atom is 0.142 e. The van der Waals surface area contributed by atoms with E-state index in [0.29, 0.717) is 12.2 Å². The molecule has 126 valence electrons. The zero-order valence-electron chi connectivity index (χ0n) is 13.9. The van der Waals surface area contributed by atoms with Gasteiger partial charge in [0.1, 0.15) is 23.1 Å². The van der Waals surface area contributed by atoms with E-state index in [1.165, 1.54) is 0 Å². The highest BCUT2D eigenvalue weighted by Gasteiger charge is 2.67. The molecule has 2 N–H and O–H groups in total. The SMILES string of the molecule is C=C[C@@H]1CC=C[C@@H]2C[C@]3(CO)O[C@]12C([C@@H](C)C=C)=C(OC)[C@H]3O. The van der Waals surface area contributed by atoms with Gasteiger partial charge in [-0.2, -0.15) is 0 Å². The first kappa shape index (κ1) is 16.5. The van der Waals surface area contributed by atoms with E-state index < -0.39 is 17.3 Å². The number of methoxy groups -OCH3 is 1. The van der Waals surface area contributed by atoms with Crippen LogP contribution in [0.5, 0.6) is 0 Å². The van der Waals surface area contributed by atoms with Crippen molar-refractivity contribution in [2.45, 2.75) is 37.1 Å². The monoisotopic (exact) mass is 318 g/mol. The summed E-state index contributed by atoms with van der Waals surface area (Å²) in [6.07, 6.45) is 8.47. The Kier molecular flexibility index (Phi) is 4.03. The van der Waals surface area contributed by atoms with Crippen LogP contribution in [-0.4, -0.2) is 41.2 Å². The molecule has 0 aromatic rings. The van der Waals surface area contributed by atoms with Gasteiger partial charge in [-0.3, -0.25) is 0 Å². The van der Waals surface area contributed by atoms with Crippen molar-refractivity contribution in [3.63, 3.8) is 0 Å². The summed E-state index contributed by atoms with van der Waals surface area (Å²) in [7, 11) is 1.57. The molecule has 1 fully saturated rings. The number of rotatable bonds is 5. The number of fused-ring (bicyclic) bond motifs is 1. The van der Waals surface area contributed by atoms with Gasteiger partial charge < -0.3 is 19.7 Å². The predicted octanol–water partition coefficient (Wildman–Crippen LogP) is 2.35. The van der Waals surface area contributed by atoms with Crippen molar-refractivity contribution in [2.75, 3.05) is 13.7 Å². The van der Waals surface area contributed by atoms with E-state index in [4.69, 9.17) is 9.47 Å². The Balaban J connectivity index is 2.30. The molecule has 0 aromatic heterocycles. The molecule has 2 aliphatic heterocycles. The van der Waals surface area contributed by atoms with Crippen LogP contribution < -0.4 is 0 Å². The smallest absolute Gasteiger partial charge is 0.142 e. The normalized spacial score (nSPS) is 43.0. The van der Waals surface area contributed by atoms with E-state index >= 15 is 0 Å². The fourth-order valence-corrected chi connectivity index (χ4v) is 4.68. The van der Waals surface area contributed by atoms with Crippen LogP contribution in [-0.2, 0) is 9.47 Å². The average Bonchev–Trinajstić information content (AvgIpc) is 2.90. The molecule has 0 radical (unpaired) electrons. The first-order chi connectivity index (χ1) is 11.0. The largest absolute Gasteiger partial charge is 0.498 e. The van der Waals surface area contributed by atoms with Gasteiger partial charge in [-0.1, -0.05) is 31.2 Å². The quantitative estimate of drug-likeness (QED) is 0.764. The highest BCUT2D eigenvalue weighted by molar-refractivity contribution is 5.43. The van der Waals surface area contributed by atoms with Gasteiger partial charge >= 0.3 is 0 Å². The van der Waals surface area contributed by atoms with Gasteiger partial charge in [0.15, 0.2) is 0 Å². The maximum absolute atomic E-state index is 10.9. The lowest BCUT2D eigenvalue weighted by molar-refractivity contribution is -0.193. The van der Waals surface area contributed by atoms with Crippen molar-refractivity contribution in [2.24, 2.45) is 17.8 Å². The third-order valence-corrected chi connectivity index (χ3v) is 5.81. The standard InChI is InChI=1S/C19H26O4/c1-5-12(3)15-16(22-4)17(21)18(11-20)10-14-9-7-8-13(6-2)19(14,15)23-18/h5-7,9,12-14,17,20-21H,1-2,8,10-11H2,3-4H3/t12-,13+,14+,17+,18+,19+/m0/s1. The number of aliphatic hydroxyl groups excluding tert-OH is 2. The third-order valence-electron chi connectivity index (χ3n) is 5.81. The van der Waals surface area contributed by atoms with Crippen molar-refractivity contribution in [1.29, 1.82) is 0 Å². The van der Waals surface area contributed by atoms with E-state index in [2.05, 4.69) is 25.3 Å². The molecular weight excluding hydrogens is 292 g/mol. The molecule has 2 heterocycles. The Morgan fingerprint density at radius 3 is 2.83 bits per heavy atom. The van der Waals surface area contributed by atoms with Gasteiger partial charge in [0.2, 0.25) is 0 Å². The molecule has 0 saturated carbocycles. The Labute approximate surface area is 137 Å². The van der Waals surface area contributed by atoms with Gasteiger partial charge in [-0.05, 0) is 12.8 Å². The van der Waals surface area contributed by atoms with Crippen molar-refractivity contribution >= 4 is 0 Å². The van der Waals surface area contributed by atoms with Crippen LogP contribution >= 0.6 is 0 Å². The van der Waals surface area contributed by atoms with E-state index in [9.17, 15) is 10.2 Å². The molecule has 1 saturated heterocycles. The Morgan fingerprint density at radius 1 is 1.52 bits per heavy atom. The lowest BCUT2D eigenvalue weighted by atomic mass is 9.65. The van der Waals surface area contributed by atoms with Crippen LogP contribution in [0, 0.1) is 17.8 Å². The molecule has 0 amide bonds.